The highest BCUT2D eigenvalue weighted by atomic mass is 35.5. The summed E-state index contributed by atoms with van der Waals surface area (Å²) in [6.45, 7) is 4.24. The minimum atomic E-state index is -0.565. The molecule has 0 aliphatic rings. The lowest BCUT2D eigenvalue weighted by molar-refractivity contribution is -0.384. The third-order valence-corrected chi connectivity index (χ3v) is 6.23. The molecular formula is C27H25ClN4O4. The Morgan fingerprint density at radius 1 is 1.08 bits per heavy atom. The number of nitro benzene ring substituents is 1. The molecule has 36 heavy (non-hydrogen) atoms. The number of carbonyl (C=O) groups excluding carboxylic acids is 1. The van der Waals surface area contributed by atoms with Gasteiger partial charge >= 0.3 is 0 Å². The molecule has 184 valence electrons. The third-order valence-electron chi connectivity index (χ3n) is 5.98. The van der Waals surface area contributed by atoms with Crippen LogP contribution in [-0.2, 0) is 0 Å². The second-order valence-electron chi connectivity index (χ2n) is 8.33. The summed E-state index contributed by atoms with van der Waals surface area (Å²) in [6, 6.07) is 19.1. The third kappa shape index (κ3) is 4.85. The molecule has 4 aromatic rings. The number of hydrogen-bond donors (Lipinski definition) is 0. The van der Waals surface area contributed by atoms with Gasteiger partial charge in [-0.1, -0.05) is 43.6 Å². The standard InChI is InChI=1S/C27H25ClN4O4/c1-3-16-30(26(33)18-8-7-9-21(17-18)32(35)36)24(4-2)25-29-23-11-6-5-10-22(23)27(34)31(25)20-14-12-19(28)13-15-20/h5-15,17,24H,3-4,16H2,1-2H3. The van der Waals surface area contributed by atoms with E-state index in [0.29, 0.717) is 46.8 Å². The smallest absolute Gasteiger partial charge is 0.270 e. The number of nitrogens with zero attached hydrogens (tertiary/aromatic N) is 4. The molecule has 0 N–H and O–H groups in total. The Kier molecular flexibility index (Phi) is 7.45. The molecule has 1 unspecified atom stereocenters. The minimum absolute atomic E-state index is 0.160. The van der Waals surface area contributed by atoms with E-state index >= 15 is 0 Å². The monoisotopic (exact) mass is 504 g/mol. The van der Waals surface area contributed by atoms with Crippen LogP contribution in [0.4, 0.5) is 5.69 Å². The summed E-state index contributed by atoms with van der Waals surface area (Å²) in [4.78, 5) is 44.7. The number of hydrogen-bond acceptors (Lipinski definition) is 5. The molecule has 8 nitrogen and oxygen atoms in total. The van der Waals surface area contributed by atoms with E-state index in [0.717, 1.165) is 0 Å². The van der Waals surface area contributed by atoms with Gasteiger partial charge in [0.2, 0.25) is 0 Å². The van der Waals surface area contributed by atoms with Crippen molar-refractivity contribution >= 4 is 34.1 Å². The molecule has 1 heterocycles. The zero-order valence-corrected chi connectivity index (χ0v) is 20.7. The molecule has 0 saturated carbocycles. The molecule has 1 atom stereocenters. The Labute approximate surface area is 212 Å². The van der Waals surface area contributed by atoms with Gasteiger partial charge in [-0.05, 0) is 55.3 Å². The van der Waals surface area contributed by atoms with Gasteiger partial charge in [0, 0.05) is 29.3 Å². The summed E-state index contributed by atoms with van der Waals surface area (Å²) in [6.07, 6.45) is 1.12. The van der Waals surface area contributed by atoms with Crippen molar-refractivity contribution in [2.24, 2.45) is 0 Å². The fourth-order valence-electron chi connectivity index (χ4n) is 4.31. The maximum absolute atomic E-state index is 13.7. The van der Waals surface area contributed by atoms with E-state index in [1.165, 1.54) is 22.8 Å². The van der Waals surface area contributed by atoms with Crippen LogP contribution in [0.15, 0.2) is 77.6 Å². The Bertz CT molecular complexity index is 1480. The maximum Gasteiger partial charge on any atom is 0.270 e. The van der Waals surface area contributed by atoms with Crippen molar-refractivity contribution in [3.05, 3.63) is 110 Å². The van der Waals surface area contributed by atoms with Crippen LogP contribution in [0, 0.1) is 10.1 Å². The van der Waals surface area contributed by atoms with Crippen molar-refractivity contribution in [3.8, 4) is 5.69 Å². The highest BCUT2D eigenvalue weighted by molar-refractivity contribution is 6.30. The normalized spacial score (nSPS) is 11.9. The van der Waals surface area contributed by atoms with E-state index in [1.807, 2.05) is 19.9 Å². The van der Waals surface area contributed by atoms with Crippen LogP contribution >= 0.6 is 11.6 Å². The predicted octanol–water partition coefficient (Wildman–Crippen LogP) is 5.95. The first-order valence-electron chi connectivity index (χ1n) is 11.7. The summed E-state index contributed by atoms with van der Waals surface area (Å²) < 4.78 is 1.52. The number of halogens is 1. The van der Waals surface area contributed by atoms with Gasteiger partial charge in [-0.25, -0.2) is 4.98 Å². The highest BCUT2D eigenvalue weighted by Crippen LogP contribution is 2.28. The lowest BCUT2D eigenvalue weighted by Crippen LogP contribution is -2.39. The molecule has 0 aliphatic heterocycles. The first kappa shape index (κ1) is 25.1. The number of para-hydroxylation sites is 1. The number of non-ortho nitro benzene ring substituents is 1. The van der Waals surface area contributed by atoms with Gasteiger partial charge < -0.3 is 4.90 Å². The molecule has 4 rings (SSSR count). The molecule has 0 saturated heterocycles. The Morgan fingerprint density at radius 2 is 1.81 bits per heavy atom. The highest BCUT2D eigenvalue weighted by Gasteiger charge is 2.30. The van der Waals surface area contributed by atoms with Crippen molar-refractivity contribution in [2.45, 2.75) is 32.7 Å². The Hall–Kier alpha value is -4.04. The fraction of sp³-hybridized carbons (Fsp3) is 0.222. The minimum Gasteiger partial charge on any atom is -0.328 e. The summed E-state index contributed by atoms with van der Waals surface area (Å²) in [5.74, 6) is 0.0493. The van der Waals surface area contributed by atoms with Crippen LogP contribution < -0.4 is 5.56 Å². The summed E-state index contributed by atoms with van der Waals surface area (Å²) >= 11 is 6.10. The van der Waals surface area contributed by atoms with Gasteiger partial charge in [0.15, 0.2) is 0 Å². The zero-order valence-electron chi connectivity index (χ0n) is 19.9. The van der Waals surface area contributed by atoms with E-state index in [2.05, 4.69) is 0 Å². The second kappa shape index (κ2) is 10.7. The number of carbonyl (C=O) groups is 1. The average molecular weight is 505 g/mol. The molecule has 0 fully saturated rings. The van der Waals surface area contributed by atoms with Crippen LogP contribution in [0.25, 0.3) is 16.6 Å². The van der Waals surface area contributed by atoms with E-state index in [-0.39, 0.29) is 22.7 Å². The van der Waals surface area contributed by atoms with Gasteiger partial charge in [-0.15, -0.1) is 0 Å². The van der Waals surface area contributed by atoms with E-state index < -0.39 is 11.0 Å². The van der Waals surface area contributed by atoms with Gasteiger partial charge in [-0.2, -0.15) is 0 Å². The lowest BCUT2D eigenvalue weighted by Gasteiger charge is -2.32. The average Bonchev–Trinajstić information content (AvgIpc) is 2.89. The first-order chi connectivity index (χ1) is 17.3. The van der Waals surface area contributed by atoms with Crippen molar-refractivity contribution in [3.63, 3.8) is 0 Å². The Balaban J connectivity index is 1.92. The van der Waals surface area contributed by atoms with Crippen molar-refractivity contribution in [1.82, 2.24) is 14.5 Å². The number of rotatable bonds is 8. The predicted molar refractivity (Wildman–Crippen MR) is 140 cm³/mol. The quantitative estimate of drug-likeness (QED) is 0.218. The number of fused-ring (bicyclic) bond motifs is 1. The number of nitro groups is 1. The molecule has 9 heteroatoms. The lowest BCUT2D eigenvalue weighted by atomic mass is 10.1. The van der Waals surface area contributed by atoms with Crippen molar-refractivity contribution < 1.29 is 9.72 Å². The SMILES string of the molecule is CCCN(C(=O)c1cccc([N+](=O)[O-])c1)C(CC)c1nc2ccccc2c(=O)n1-c1ccc(Cl)cc1. The fourth-order valence-corrected chi connectivity index (χ4v) is 4.44. The summed E-state index contributed by atoms with van der Waals surface area (Å²) in [5, 5.41) is 12.3. The van der Waals surface area contributed by atoms with Gasteiger partial charge in [0.05, 0.1) is 27.6 Å². The van der Waals surface area contributed by atoms with Crippen LogP contribution in [0.3, 0.4) is 0 Å². The van der Waals surface area contributed by atoms with E-state index in [1.54, 1.807) is 53.4 Å². The number of benzene rings is 3. The van der Waals surface area contributed by atoms with Gasteiger partial charge in [-0.3, -0.25) is 24.3 Å². The van der Waals surface area contributed by atoms with Crippen LogP contribution in [-0.4, -0.2) is 31.8 Å². The molecule has 0 spiro atoms. The zero-order chi connectivity index (χ0) is 25.8. The van der Waals surface area contributed by atoms with Gasteiger partial charge in [0.25, 0.3) is 17.2 Å². The number of amides is 1. The van der Waals surface area contributed by atoms with E-state index in [9.17, 15) is 19.7 Å². The topological polar surface area (TPSA) is 98.3 Å². The van der Waals surface area contributed by atoms with Crippen LogP contribution in [0.2, 0.25) is 5.02 Å². The van der Waals surface area contributed by atoms with Crippen molar-refractivity contribution in [1.29, 1.82) is 0 Å². The molecule has 3 aromatic carbocycles. The molecule has 0 radical (unpaired) electrons. The largest absolute Gasteiger partial charge is 0.328 e. The Morgan fingerprint density at radius 3 is 2.47 bits per heavy atom. The number of aromatic nitrogens is 2. The van der Waals surface area contributed by atoms with Crippen LogP contribution in [0.1, 0.15) is 48.9 Å². The summed E-state index contributed by atoms with van der Waals surface area (Å²) in [7, 11) is 0. The van der Waals surface area contributed by atoms with E-state index in [4.69, 9.17) is 16.6 Å². The second-order valence-corrected chi connectivity index (χ2v) is 8.77. The maximum atomic E-state index is 13.7. The van der Waals surface area contributed by atoms with Crippen LogP contribution in [0.5, 0.6) is 0 Å². The molecule has 0 bridgehead atoms. The van der Waals surface area contributed by atoms with Crippen molar-refractivity contribution in [2.75, 3.05) is 6.54 Å². The summed E-state index contributed by atoms with van der Waals surface area (Å²) in [5.41, 5.74) is 0.899. The first-order valence-corrected chi connectivity index (χ1v) is 12.1. The van der Waals surface area contributed by atoms with Gasteiger partial charge in [0.1, 0.15) is 5.82 Å². The molecular weight excluding hydrogens is 480 g/mol. The molecule has 1 aromatic heterocycles. The molecule has 0 aliphatic carbocycles. The molecule has 1 amide bonds.